The Kier molecular flexibility index (Phi) is 4.19. The van der Waals surface area contributed by atoms with Crippen molar-refractivity contribution < 1.29 is 9.53 Å². The summed E-state index contributed by atoms with van der Waals surface area (Å²) >= 11 is 2.20. The Hall–Kier alpha value is -1.13. The molecule has 1 aromatic rings. The summed E-state index contributed by atoms with van der Waals surface area (Å²) in [6.07, 6.45) is 0.916. The van der Waals surface area contributed by atoms with Gasteiger partial charge in [0.05, 0.1) is 6.07 Å². The topological polar surface area (TPSA) is 62.1 Å². The van der Waals surface area contributed by atoms with E-state index < -0.39 is 5.41 Å². The maximum absolute atomic E-state index is 12.2. The number of carbonyl (C=O) groups is 1. The van der Waals surface area contributed by atoms with E-state index >= 15 is 0 Å². The number of rotatable bonds is 2. The first kappa shape index (κ1) is 13.3. The second-order valence-electron chi connectivity index (χ2n) is 4.27. The predicted octanol–water partition coefficient (Wildman–Crippen LogP) is 2.55. The monoisotopic (exact) mass is 356 g/mol. The molecule has 1 saturated heterocycles. The van der Waals surface area contributed by atoms with Gasteiger partial charge in [0.2, 0.25) is 5.91 Å². The van der Waals surface area contributed by atoms with Crippen molar-refractivity contribution in [2.24, 2.45) is 5.41 Å². The summed E-state index contributed by atoms with van der Waals surface area (Å²) in [6, 6.07) is 9.66. The second kappa shape index (κ2) is 5.67. The molecule has 1 fully saturated rings. The number of hydrogen-bond acceptors (Lipinski definition) is 3. The summed E-state index contributed by atoms with van der Waals surface area (Å²) in [5.74, 6) is -0.227. The van der Waals surface area contributed by atoms with Gasteiger partial charge in [0.1, 0.15) is 5.41 Å². The van der Waals surface area contributed by atoms with Gasteiger partial charge in [-0.05, 0) is 59.7 Å². The van der Waals surface area contributed by atoms with Crippen LogP contribution in [0.15, 0.2) is 24.3 Å². The highest BCUT2D eigenvalue weighted by Gasteiger charge is 2.40. The molecule has 0 unspecified atom stereocenters. The van der Waals surface area contributed by atoms with E-state index in [4.69, 9.17) is 4.74 Å². The fraction of sp³-hybridized carbons (Fsp3) is 0.385. The van der Waals surface area contributed by atoms with Gasteiger partial charge in [-0.15, -0.1) is 0 Å². The lowest BCUT2D eigenvalue weighted by atomic mass is 9.81. The van der Waals surface area contributed by atoms with Gasteiger partial charge < -0.3 is 10.1 Å². The minimum absolute atomic E-state index is 0.227. The number of nitrogens with zero attached hydrogens (tertiary/aromatic N) is 1. The van der Waals surface area contributed by atoms with E-state index in [1.807, 2.05) is 24.3 Å². The predicted molar refractivity (Wildman–Crippen MR) is 75.9 cm³/mol. The van der Waals surface area contributed by atoms with Crippen LogP contribution in [-0.4, -0.2) is 19.1 Å². The number of ether oxygens (including phenoxy) is 1. The molecule has 1 N–H and O–H groups in total. The van der Waals surface area contributed by atoms with Gasteiger partial charge in [-0.1, -0.05) is 0 Å². The van der Waals surface area contributed by atoms with Crippen molar-refractivity contribution in [3.63, 3.8) is 0 Å². The van der Waals surface area contributed by atoms with Crippen molar-refractivity contribution in [3.8, 4) is 6.07 Å². The van der Waals surface area contributed by atoms with Crippen LogP contribution >= 0.6 is 22.6 Å². The number of anilines is 1. The Labute approximate surface area is 119 Å². The van der Waals surface area contributed by atoms with E-state index in [9.17, 15) is 10.1 Å². The van der Waals surface area contributed by atoms with E-state index in [1.165, 1.54) is 0 Å². The number of halogens is 1. The molecular formula is C13H13IN2O2. The smallest absolute Gasteiger partial charge is 0.245 e. The van der Waals surface area contributed by atoms with Crippen molar-refractivity contribution in [1.82, 2.24) is 0 Å². The first-order chi connectivity index (χ1) is 8.66. The Morgan fingerprint density at radius 2 is 1.94 bits per heavy atom. The van der Waals surface area contributed by atoms with Crippen molar-refractivity contribution in [2.45, 2.75) is 12.8 Å². The van der Waals surface area contributed by atoms with E-state index in [1.54, 1.807) is 0 Å². The summed E-state index contributed by atoms with van der Waals surface area (Å²) in [5.41, 5.74) is -0.220. The van der Waals surface area contributed by atoms with Crippen LogP contribution in [0.3, 0.4) is 0 Å². The lowest BCUT2D eigenvalue weighted by molar-refractivity contribution is -0.126. The molecule has 0 spiro atoms. The minimum Gasteiger partial charge on any atom is -0.381 e. The Balaban J connectivity index is 2.11. The minimum atomic E-state index is -0.943. The van der Waals surface area contributed by atoms with Crippen LogP contribution in [0.2, 0.25) is 0 Å². The zero-order valence-electron chi connectivity index (χ0n) is 9.78. The molecule has 1 amide bonds. The van der Waals surface area contributed by atoms with Crippen molar-refractivity contribution in [3.05, 3.63) is 27.8 Å². The largest absolute Gasteiger partial charge is 0.381 e. The standard InChI is InChI=1S/C13H13IN2O2/c14-10-1-3-11(4-2-10)16-12(17)13(9-15)5-7-18-8-6-13/h1-4H,5-8H2,(H,16,17). The molecule has 1 aliphatic rings. The van der Waals surface area contributed by atoms with Crippen LogP contribution in [0, 0.1) is 20.3 Å². The molecule has 1 heterocycles. The van der Waals surface area contributed by atoms with Gasteiger partial charge in [-0.25, -0.2) is 0 Å². The number of carbonyl (C=O) groups excluding carboxylic acids is 1. The first-order valence-corrected chi connectivity index (χ1v) is 6.80. The van der Waals surface area contributed by atoms with Gasteiger partial charge >= 0.3 is 0 Å². The van der Waals surface area contributed by atoms with Gasteiger partial charge in [-0.3, -0.25) is 4.79 Å². The third kappa shape index (κ3) is 2.82. The lowest BCUT2D eigenvalue weighted by Crippen LogP contribution is -2.39. The Morgan fingerprint density at radius 1 is 1.33 bits per heavy atom. The van der Waals surface area contributed by atoms with Crippen molar-refractivity contribution in [1.29, 1.82) is 5.26 Å². The van der Waals surface area contributed by atoms with E-state index in [2.05, 4.69) is 34.0 Å². The fourth-order valence-electron chi connectivity index (χ4n) is 1.89. The maximum Gasteiger partial charge on any atom is 0.245 e. The van der Waals surface area contributed by atoms with Gasteiger partial charge in [-0.2, -0.15) is 5.26 Å². The highest BCUT2D eigenvalue weighted by Crippen LogP contribution is 2.31. The number of nitriles is 1. The maximum atomic E-state index is 12.2. The molecular weight excluding hydrogens is 343 g/mol. The molecule has 0 saturated carbocycles. The highest BCUT2D eigenvalue weighted by molar-refractivity contribution is 14.1. The van der Waals surface area contributed by atoms with Crippen LogP contribution in [-0.2, 0) is 9.53 Å². The van der Waals surface area contributed by atoms with Crippen LogP contribution in [0.1, 0.15) is 12.8 Å². The molecule has 0 aliphatic carbocycles. The summed E-state index contributed by atoms with van der Waals surface area (Å²) in [7, 11) is 0. The molecule has 18 heavy (non-hydrogen) atoms. The number of nitrogens with one attached hydrogen (secondary N) is 1. The molecule has 2 rings (SSSR count). The molecule has 94 valence electrons. The molecule has 0 radical (unpaired) electrons. The molecule has 0 aromatic heterocycles. The molecule has 5 heteroatoms. The zero-order chi connectivity index (χ0) is 13.0. The average molecular weight is 356 g/mol. The SMILES string of the molecule is N#CC1(C(=O)Nc2ccc(I)cc2)CCOCC1. The molecule has 1 aromatic carbocycles. The Bertz CT molecular complexity index is 473. The second-order valence-corrected chi connectivity index (χ2v) is 5.51. The molecule has 4 nitrogen and oxygen atoms in total. The zero-order valence-corrected chi connectivity index (χ0v) is 11.9. The quantitative estimate of drug-likeness (QED) is 0.829. The van der Waals surface area contributed by atoms with Crippen molar-refractivity contribution >= 4 is 34.2 Å². The van der Waals surface area contributed by atoms with Crippen LogP contribution in [0.4, 0.5) is 5.69 Å². The summed E-state index contributed by atoms with van der Waals surface area (Å²) in [4.78, 5) is 12.2. The summed E-state index contributed by atoms with van der Waals surface area (Å²) in [5, 5.41) is 12.1. The molecule has 0 bridgehead atoms. The Morgan fingerprint density at radius 3 is 2.50 bits per heavy atom. The van der Waals surface area contributed by atoms with Crippen LogP contribution in [0.5, 0.6) is 0 Å². The normalized spacial score (nSPS) is 17.8. The fourth-order valence-corrected chi connectivity index (χ4v) is 2.25. The molecule has 1 aliphatic heterocycles. The number of hydrogen-bond donors (Lipinski definition) is 1. The lowest BCUT2D eigenvalue weighted by Gasteiger charge is -2.29. The number of amides is 1. The van der Waals surface area contributed by atoms with E-state index in [0.29, 0.717) is 26.1 Å². The molecule has 0 atom stereocenters. The summed E-state index contributed by atoms with van der Waals surface area (Å²) in [6.45, 7) is 0.932. The van der Waals surface area contributed by atoms with Crippen molar-refractivity contribution in [2.75, 3.05) is 18.5 Å². The third-order valence-electron chi connectivity index (χ3n) is 3.10. The van der Waals surface area contributed by atoms with Crippen LogP contribution < -0.4 is 5.32 Å². The third-order valence-corrected chi connectivity index (χ3v) is 3.82. The van der Waals surface area contributed by atoms with Crippen LogP contribution in [0.25, 0.3) is 0 Å². The van der Waals surface area contributed by atoms with Gasteiger partial charge in [0, 0.05) is 22.5 Å². The number of benzene rings is 1. The first-order valence-electron chi connectivity index (χ1n) is 5.72. The highest BCUT2D eigenvalue weighted by atomic mass is 127. The van der Waals surface area contributed by atoms with Gasteiger partial charge in [0.15, 0.2) is 0 Å². The summed E-state index contributed by atoms with van der Waals surface area (Å²) < 4.78 is 6.31. The average Bonchev–Trinajstić information content (AvgIpc) is 2.42. The van der Waals surface area contributed by atoms with E-state index in [0.717, 1.165) is 9.26 Å². The van der Waals surface area contributed by atoms with E-state index in [-0.39, 0.29) is 5.91 Å². The van der Waals surface area contributed by atoms with Gasteiger partial charge in [0.25, 0.3) is 0 Å².